The molecule has 1 fully saturated rings. The first-order valence-electron chi connectivity index (χ1n) is 6.60. The maximum atomic E-state index is 12.6. The molecule has 1 aliphatic heterocycles. The molecule has 1 N–H and O–H groups in total. The quantitative estimate of drug-likeness (QED) is 0.905. The third kappa shape index (κ3) is 2.05. The summed E-state index contributed by atoms with van der Waals surface area (Å²) >= 11 is 6.08. The molecule has 1 heterocycles. The number of carbonyl (C=O) groups is 3. The standard InChI is InChI=1S/C15H12ClNO4/c16-11-12(17-7-3-6-10(17)15(20)21)14(19)9-5-2-1-4-8(9)13(11)18/h1-2,4-5,10H,3,6-7H2,(H,20,21). The van der Waals surface area contributed by atoms with Crippen molar-refractivity contribution >= 4 is 29.1 Å². The van der Waals surface area contributed by atoms with Gasteiger partial charge in [0.15, 0.2) is 0 Å². The summed E-state index contributed by atoms with van der Waals surface area (Å²) in [6.07, 6.45) is 1.08. The Balaban J connectivity index is 2.11. The van der Waals surface area contributed by atoms with E-state index in [9.17, 15) is 19.5 Å². The van der Waals surface area contributed by atoms with Gasteiger partial charge in [0.25, 0.3) is 0 Å². The lowest BCUT2D eigenvalue weighted by Gasteiger charge is -2.29. The molecule has 0 radical (unpaired) electrons. The summed E-state index contributed by atoms with van der Waals surface area (Å²) < 4.78 is 0. The highest BCUT2D eigenvalue weighted by Gasteiger charge is 2.40. The van der Waals surface area contributed by atoms with E-state index in [1.165, 1.54) is 4.90 Å². The van der Waals surface area contributed by atoms with Gasteiger partial charge in [0, 0.05) is 17.7 Å². The fourth-order valence-electron chi connectivity index (χ4n) is 2.88. The SMILES string of the molecule is O=C1C(Cl)=C(N2CCCC2C(=O)O)C(=O)c2ccccc21. The van der Waals surface area contributed by atoms with Crippen LogP contribution in [0.25, 0.3) is 0 Å². The van der Waals surface area contributed by atoms with Gasteiger partial charge >= 0.3 is 5.97 Å². The Kier molecular flexibility index (Phi) is 3.29. The van der Waals surface area contributed by atoms with Crippen molar-refractivity contribution in [1.29, 1.82) is 0 Å². The highest BCUT2D eigenvalue weighted by atomic mass is 35.5. The number of hydrogen-bond donors (Lipinski definition) is 1. The number of allylic oxidation sites excluding steroid dienone is 2. The van der Waals surface area contributed by atoms with Gasteiger partial charge in [-0.3, -0.25) is 9.59 Å². The summed E-state index contributed by atoms with van der Waals surface area (Å²) in [4.78, 5) is 37.6. The zero-order valence-corrected chi connectivity index (χ0v) is 11.8. The number of fused-ring (bicyclic) bond motifs is 1. The fourth-order valence-corrected chi connectivity index (χ4v) is 3.18. The van der Waals surface area contributed by atoms with Crippen LogP contribution in [0, 0.1) is 0 Å². The minimum absolute atomic E-state index is 0.0188. The number of hydrogen-bond acceptors (Lipinski definition) is 4. The second-order valence-electron chi connectivity index (χ2n) is 5.06. The summed E-state index contributed by atoms with van der Waals surface area (Å²) in [5.74, 6) is -1.83. The van der Waals surface area contributed by atoms with Crippen LogP contribution >= 0.6 is 11.6 Å². The van der Waals surface area contributed by atoms with Crippen LogP contribution in [0.2, 0.25) is 0 Å². The molecule has 1 unspecified atom stereocenters. The molecule has 0 saturated carbocycles. The highest BCUT2D eigenvalue weighted by molar-refractivity contribution is 6.49. The van der Waals surface area contributed by atoms with Gasteiger partial charge in [-0.2, -0.15) is 0 Å². The Morgan fingerprint density at radius 3 is 2.43 bits per heavy atom. The van der Waals surface area contributed by atoms with E-state index in [0.717, 1.165) is 0 Å². The predicted molar refractivity (Wildman–Crippen MR) is 75.3 cm³/mol. The van der Waals surface area contributed by atoms with Crippen molar-refractivity contribution in [2.45, 2.75) is 18.9 Å². The first-order valence-corrected chi connectivity index (χ1v) is 6.98. The molecule has 0 aromatic heterocycles. The number of carbonyl (C=O) groups excluding carboxylic acids is 2. The Bertz CT molecular complexity index is 695. The van der Waals surface area contributed by atoms with Crippen LogP contribution in [0.1, 0.15) is 33.6 Å². The molecule has 2 aliphatic rings. The van der Waals surface area contributed by atoms with Gasteiger partial charge in [0.2, 0.25) is 11.6 Å². The van der Waals surface area contributed by atoms with Gasteiger partial charge in [-0.1, -0.05) is 35.9 Å². The third-order valence-corrected chi connectivity index (χ3v) is 4.21. The van der Waals surface area contributed by atoms with Gasteiger partial charge in [0.1, 0.15) is 16.8 Å². The second-order valence-corrected chi connectivity index (χ2v) is 5.43. The van der Waals surface area contributed by atoms with E-state index < -0.39 is 17.8 Å². The molecule has 6 heteroatoms. The van der Waals surface area contributed by atoms with Gasteiger partial charge in [-0.15, -0.1) is 0 Å². The van der Waals surface area contributed by atoms with Crippen molar-refractivity contribution in [2.75, 3.05) is 6.54 Å². The Morgan fingerprint density at radius 2 is 1.81 bits per heavy atom. The molecule has 1 atom stereocenters. The van der Waals surface area contributed by atoms with E-state index in [1.807, 2.05) is 0 Å². The van der Waals surface area contributed by atoms with Gasteiger partial charge in [0.05, 0.1) is 0 Å². The van der Waals surface area contributed by atoms with Crippen LogP contribution < -0.4 is 0 Å². The molecule has 3 rings (SSSR count). The van der Waals surface area contributed by atoms with E-state index in [1.54, 1.807) is 24.3 Å². The summed E-state index contributed by atoms with van der Waals surface area (Å²) in [7, 11) is 0. The fraction of sp³-hybridized carbons (Fsp3) is 0.267. The molecule has 1 aromatic rings. The van der Waals surface area contributed by atoms with Gasteiger partial charge < -0.3 is 10.0 Å². The van der Waals surface area contributed by atoms with Crippen molar-refractivity contribution in [2.24, 2.45) is 0 Å². The molecule has 0 spiro atoms. The van der Waals surface area contributed by atoms with Crippen LogP contribution in [0.3, 0.4) is 0 Å². The average molecular weight is 306 g/mol. The largest absolute Gasteiger partial charge is 0.480 e. The number of benzene rings is 1. The van der Waals surface area contributed by atoms with Crippen molar-refractivity contribution < 1.29 is 19.5 Å². The van der Waals surface area contributed by atoms with E-state index in [0.29, 0.717) is 19.4 Å². The molecular formula is C15H12ClNO4. The first kappa shape index (κ1) is 13.8. The van der Waals surface area contributed by atoms with Crippen LogP contribution in [0.5, 0.6) is 0 Å². The zero-order valence-electron chi connectivity index (χ0n) is 11.0. The lowest BCUT2D eigenvalue weighted by molar-refractivity contribution is -0.141. The first-order chi connectivity index (χ1) is 10.0. The normalized spacial score (nSPS) is 21.8. The zero-order chi connectivity index (χ0) is 15.1. The summed E-state index contributed by atoms with van der Waals surface area (Å²) in [6, 6.07) is 5.63. The minimum atomic E-state index is -1.01. The minimum Gasteiger partial charge on any atom is -0.480 e. The molecule has 0 amide bonds. The van der Waals surface area contributed by atoms with Crippen LogP contribution in [-0.2, 0) is 4.79 Å². The Labute approximate surface area is 125 Å². The summed E-state index contributed by atoms with van der Waals surface area (Å²) in [5, 5.41) is 9.06. The number of nitrogens with zero attached hydrogens (tertiary/aromatic N) is 1. The highest BCUT2D eigenvalue weighted by Crippen LogP contribution is 2.34. The number of carboxylic acids is 1. The summed E-state index contributed by atoms with van der Waals surface area (Å²) in [5.41, 5.74) is 0.561. The lowest BCUT2D eigenvalue weighted by atomic mass is 9.91. The van der Waals surface area contributed by atoms with Crippen molar-refractivity contribution in [1.82, 2.24) is 4.90 Å². The van der Waals surface area contributed by atoms with E-state index in [2.05, 4.69) is 0 Å². The topological polar surface area (TPSA) is 74.7 Å². The van der Waals surface area contributed by atoms with E-state index in [4.69, 9.17) is 11.6 Å². The molecule has 108 valence electrons. The van der Waals surface area contributed by atoms with E-state index >= 15 is 0 Å². The number of ketones is 2. The van der Waals surface area contributed by atoms with Crippen LogP contribution in [-0.4, -0.2) is 40.1 Å². The molecule has 0 bridgehead atoms. The molecule has 1 saturated heterocycles. The monoisotopic (exact) mass is 305 g/mol. The molecule has 21 heavy (non-hydrogen) atoms. The number of Topliss-reactive ketones (excluding diaryl/α,β-unsaturated/α-hetero) is 2. The van der Waals surface area contributed by atoms with Gasteiger partial charge in [-0.25, -0.2) is 4.79 Å². The average Bonchev–Trinajstić information content (AvgIpc) is 2.94. The maximum Gasteiger partial charge on any atom is 0.326 e. The van der Waals surface area contributed by atoms with Crippen molar-refractivity contribution in [3.63, 3.8) is 0 Å². The van der Waals surface area contributed by atoms with E-state index in [-0.39, 0.29) is 27.6 Å². The lowest BCUT2D eigenvalue weighted by Crippen LogP contribution is -2.40. The third-order valence-electron chi connectivity index (χ3n) is 3.86. The number of likely N-dealkylation sites (tertiary alicyclic amines) is 1. The predicted octanol–water partition coefficient (Wildman–Crippen LogP) is 2.06. The number of halogens is 1. The Morgan fingerprint density at radius 1 is 1.19 bits per heavy atom. The van der Waals surface area contributed by atoms with Crippen LogP contribution in [0.15, 0.2) is 35.0 Å². The Hall–Kier alpha value is -2.14. The second kappa shape index (κ2) is 5.00. The number of carboxylic acid groups (broad SMARTS) is 1. The maximum absolute atomic E-state index is 12.6. The number of aliphatic carboxylic acids is 1. The summed E-state index contributed by atoms with van der Waals surface area (Å²) in [6.45, 7) is 0.406. The van der Waals surface area contributed by atoms with Gasteiger partial charge in [-0.05, 0) is 12.8 Å². The van der Waals surface area contributed by atoms with Crippen molar-refractivity contribution in [3.05, 3.63) is 46.1 Å². The van der Waals surface area contributed by atoms with Crippen LogP contribution in [0.4, 0.5) is 0 Å². The smallest absolute Gasteiger partial charge is 0.326 e. The molecular weight excluding hydrogens is 294 g/mol. The number of rotatable bonds is 2. The molecule has 1 aromatic carbocycles. The molecule has 5 nitrogen and oxygen atoms in total. The molecule has 1 aliphatic carbocycles. The van der Waals surface area contributed by atoms with Crippen molar-refractivity contribution in [3.8, 4) is 0 Å².